The third-order valence-electron chi connectivity index (χ3n) is 5.42. The third-order valence-corrected chi connectivity index (χ3v) is 5.42. The molecule has 0 spiro atoms. The van der Waals surface area contributed by atoms with Gasteiger partial charge < -0.3 is 30.1 Å². The van der Waals surface area contributed by atoms with Gasteiger partial charge in [-0.3, -0.25) is 4.79 Å². The highest BCUT2D eigenvalue weighted by atomic mass is 16.5. The van der Waals surface area contributed by atoms with Gasteiger partial charge in [-0.1, -0.05) is 24.3 Å². The summed E-state index contributed by atoms with van der Waals surface area (Å²) >= 11 is 0. The van der Waals surface area contributed by atoms with Gasteiger partial charge in [-0.25, -0.2) is 0 Å². The third kappa shape index (κ3) is 3.64. The minimum Gasteiger partial charge on any atom is -0.534 e. The van der Waals surface area contributed by atoms with Crippen molar-refractivity contribution in [1.82, 2.24) is 10.2 Å². The number of likely N-dealkylation sites (N-methyl/N-ethyl adjacent to an activating group) is 1. The maximum absolute atomic E-state index is 12.7. The van der Waals surface area contributed by atoms with Crippen molar-refractivity contribution in [3.8, 4) is 5.75 Å². The molecule has 0 aromatic heterocycles. The summed E-state index contributed by atoms with van der Waals surface area (Å²) in [5.74, 6) is -0.641. The van der Waals surface area contributed by atoms with Crippen LogP contribution in [0.15, 0.2) is 36.4 Å². The predicted octanol–water partition coefficient (Wildman–Crippen LogP) is 0.411. The molecule has 2 aromatic rings. The number of para-hydroxylation sites is 1. The number of aliphatic hydroxyl groups is 2. The van der Waals surface area contributed by atoms with Gasteiger partial charge in [0, 0.05) is 24.2 Å². The molecule has 7 nitrogen and oxygen atoms in total. The number of rotatable bonds is 3. The summed E-state index contributed by atoms with van der Waals surface area (Å²) in [7, 11) is 0.801. The minimum atomic E-state index is -1.69. The molecular weight excluding hydrogens is 359 g/mol. The molecule has 0 saturated heterocycles. The molecule has 1 amide bonds. The van der Waals surface area contributed by atoms with Crippen molar-refractivity contribution >= 4 is 13.0 Å². The Bertz CT molecular complexity index is 904. The number of fused-ring (bicyclic) bond motifs is 2. The first-order chi connectivity index (χ1) is 13.4. The molecule has 1 atom stereocenters. The molecule has 4 N–H and O–H groups in total. The van der Waals surface area contributed by atoms with Crippen LogP contribution in [-0.4, -0.2) is 52.7 Å². The van der Waals surface area contributed by atoms with Crippen LogP contribution in [0.5, 0.6) is 5.75 Å². The summed E-state index contributed by atoms with van der Waals surface area (Å²) in [6.45, 7) is 1.84. The maximum atomic E-state index is 12.7. The molecule has 1 unspecified atom stereocenters. The molecule has 0 saturated carbocycles. The zero-order valence-corrected chi connectivity index (χ0v) is 15.6. The first kappa shape index (κ1) is 19.0. The van der Waals surface area contributed by atoms with Crippen molar-refractivity contribution in [1.29, 1.82) is 0 Å². The van der Waals surface area contributed by atoms with E-state index in [2.05, 4.69) is 17.3 Å². The number of nitrogens with zero attached hydrogens (tertiary/aromatic N) is 1. The van der Waals surface area contributed by atoms with Crippen molar-refractivity contribution < 1.29 is 24.7 Å². The summed E-state index contributed by atoms with van der Waals surface area (Å²) in [5, 5.41) is 32.1. The van der Waals surface area contributed by atoms with E-state index in [1.807, 2.05) is 12.1 Å². The summed E-state index contributed by atoms with van der Waals surface area (Å²) in [5.41, 5.74) is 3.87. The lowest BCUT2D eigenvalue weighted by molar-refractivity contribution is -0.0436. The van der Waals surface area contributed by atoms with E-state index in [4.69, 9.17) is 4.65 Å². The molecule has 0 aliphatic carbocycles. The molecule has 0 fully saturated rings. The summed E-state index contributed by atoms with van der Waals surface area (Å²) in [6, 6.07) is 10.7. The Morgan fingerprint density at radius 2 is 2.07 bits per heavy atom. The number of carbonyl (C=O) groups excluding carboxylic acids is 1. The van der Waals surface area contributed by atoms with Crippen LogP contribution in [0.4, 0.5) is 0 Å². The largest absolute Gasteiger partial charge is 0.547 e. The Morgan fingerprint density at radius 1 is 1.25 bits per heavy atom. The van der Waals surface area contributed by atoms with Crippen LogP contribution < -0.4 is 9.97 Å². The van der Waals surface area contributed by atoms with Crippen molar-refractivity contribution in [3.63, 3.8) is 0 Å². The van der Waals surface area contributed by atoms with Crippen molar-refractivity contribution in [2.45, 2.75) is 31.6 Å². The van der Waals surface area contributed by atoms with Crippen LogP contribution in [0.1, 0.15) is 38.9 Å². The van der Waals surface area contributed by atoms with E-state index in [0.29, 0.717) is 17.5 Å². The molecule has 4 rings (SSSR count). The van der Waals surface area contributed by atoms with Crippen molar-refractivity contribution in [2.75, 3.05) is 13.6 Å². The average molecular weight is 382 g/mol. The first-order valence-electron chi connectivity index (χ1n) is 9.36. The number of hydrogen-bond acceptors (Lipinski definition) is 6. The molecular formula is C20H23BN2O5. The number of carbonyl (C=O) groups is 1. The molecule has 0 bridgehead atoms. The van der Waals surface area contributed by atoms with Gasteiger partial charge in [-0.05, 0) is 48.7 Å². The number of amides is 1. The second-order valence-corrected chi connectivity index (χ2v) is 7.47. The van der Waals surface area contributed by atoms with Crippen molar-refractivity contribution in [3.05, 3.63) is 64.2 Å². The highest BCUT2D eigenvalue weighted by Gasteiger charge is 2.37. The fraction of sp³-hybridized carbons (Fsp3) is 0.350. The van der Waals surface area contributed by atoms with Crippen LogP contribution in [-0.2, 0) is 19.4 Å². The first-order valence-corrected chi connectivity index (χ1v) is 9.36. The van der Waals surface area contributed by atoms with E-state index in [9.17, 15) is 20.0 Å². The normalized spacial score (nSPS) is 19.0. The molecule has 2 aliphatic heterocycles. The molecule has 28 heavy (non-hydrogen) atoms. The molecule has 2 heterocycles. The lowest BCUT2D eigenvalue weighted by Crippen LogP contribution is -2.53. The zero-order chi connectivity index (χ0) is 19.8. The fourth-order valence-electron chi connectivity index (χ4n) is 3.86. The van der Waals surface area contributed by atoms with Gasteiger partial charge >= 0.3 is 7.12 Å². The highest BCUT2D eigenvalue weighted by molar-refractivity contribution is 6.47. The van der Waals surface area contributed by atoms with Crippen LogP contribution >= 0.6 is 0 Å². The lowest BCUT2D eigenvalue weighted by Gasteiger charge is -2.30. The lowest BCUT2D eigenvalue weighted by atomic mass is 9.72. The maximum Gasteiger partial charge on any atom is 0.547 e. The molecule has 146 valence electrons. The molecule has 2 aliphatic rings. The second-order valence-electron chi connectivity index (χ2n) is 7.47. The quantitative estimate of drug-likeness (QED) is 0.453. The highest BCUT2D eigenvalue weighted by Crippen LogP contribution is 2.33. The number of benzene rings is 2. The van der Waals surface area contributed by atoms with Gasteiger partial charge in [0.25, 0.3) is 5.91 Å². The molecule has 8 heteroatoms. The van der Waals surface area contributed by atoms with Crippen LogP contribution in [0.25, 0.3) is 0 Å². The minimum absolute atomic E-state index is 0.195. The van der Waals surface area contributed by atoms with Crippen LogP contribution in [0, 0.1) is 0 Å². The van der Waals surface area contributed by atoms with Gasteiger partial charge in [0.15, 0.2) is 6.29 Å². The van der Waals surface area contributed by atoms with E-state index in [-0.39, 0.29) is 17.2 Å². The Balaban J connectivity index is 1.50. The smallest absolute Gasteiger partial charge is 0.534 e. The van der Waals surface area contributed by atoms with E-state index in [1.54, 1.807) is 18.2 Å². The van der Waals surface area contributed by atoms with E-state index in [0.717, 1.165) is 19.5 Å². The average Bonchev–Trinajstić information content (AvgIpc) is 2.67. The van der Waals surface area contributed by atoms with E-state index < -0.39 is 19.3 Å². The second kappa shape index (κ2) is 7.56. The zero-order valence-electron chi connectivity index (χ0n) is 15.6. The van der Waals surface area contributed by atoms with Crippen molar-refractivity contribution in [2.24, 2.45) is 0 Å². The molecule has 2 aromatic carbocycles. The topological polar surface area (TPSA) is 102 Å². The van der Waals surface area contributed by atoms with Crippen LogP contribution in [0.3, 0.4) is 0 Å². The fourth-order valence-corrected chi connectivity index (χ4v) is 3.86. The van der Waals surface area contributed by atoms with E-state index in [1.165, 1.54) is 17.2 Å². The van der Waals surface area contributed by atoms with Gasteiger partial charge in [0.1, 0.15) is 5.75 Å². The van der Waals surface area contributed by atoms with Gasteiger partial charge in [0.05, 0.1) is 5.94 Å². The van der Waals surface area contributed by atoms with E-state index >= 15 is 0 Å². The summed E-state index contributed by atoms with van der Waals surface area (Å²) < 4.78 is 5.49. The summed E-state index contributed by atoms with van der Waals surface area (Å²) in [4.78, 5) is 15.0. The SMILES string of the molecule is CN1CCc2cc(C(=O)NC3Cc4cccc(C(O)O)c4OB3O)ccc2C1. The van der Waals surface area contributed by atoms with Gasteiger partial charge in [0.2, 0.25) is 0 Å². The Morgan fingerprint density at radius 3 is 2.86 bits per heavy atom. The van der Waals surface area contributed by atoms with Gasteiger partial charge in [-0.2, -0.15) is 0 Å². The van der Waals surface area contributed by atoms with Gasteiger partial charge in [-0.15, -0.1) is 0 Å². The molecule has 0 radical (unpaired) electrons. The standard InChI is InChI=1S/C20H23BN2O5/c1-23-8-7-12-9-14(5-6-15(12)11-23)19(24)22-17-10-13-3-2-4-16(20(25)26)18(13)28-21(17)27/h2-6,9,17,20,25-27H,7-8,10-11H2,1H3,(H,22,24). The Labute approximate surface area is 163 Å². The predicted molar refractivity (Wildman–Crippen MR) is 104 cm³/mol. The monoisotopic (exact) mass is 382 g/mol. The number of aliphatic hydroxyl groups excluding tert-OH is 1. The number of hydrogen-bond donors (Lipinski definition) is 4. The Kier molecular flexibility index (Phi) is 5.12. The van der Waals surface area contributed by atoms with Crippen LogP contribution in [0.2, 0.25) is 0 Å². The Hall–Kier alpha value is -2.39. The summed E-state index contributed by atoms with van der Waals surface area (Å²) in [6.07, 6.45) is -0.455. The number of nitrogens with one attached hydrogen (secondary N) is 1.